The Balaban J connectivity index is 2.34. The topological polar surface area (TPSA) is 123 Å². The van der Waals surface area contributed by atoms with E-state index >= 15 is 0 Å². The summed E-state index contributed by atoms with van der Waals surface area (Å²) in [5.74, 6) is -2.52. The van der Waals surface area contributed by atoms with E-state index < -0.39 is 45.2 Å². The average molecular weight is 292 g/mol. The van der Waals surface area contributed by atoms with Gasteiger partial charge in [0.05, 0.1) is 12.2 Å². The quantitative estimate of drug-likeness (QED) is 0.591. The molecule has 5 unspecified atom stereocenters. The smallest absolute Gasteiger partial charge is 0.479 e. The fourth-order valence-corrected chi connectivity index (χ4v) is 5.07. The number of aliphatic hydroxyl groups is 1. The zero-order valence-corrected chi connectivity index (χ0v) is 11.5. The molecule has 0 radical (unpaired) electrons. The van der Waals surface area contributed by atoms with Crippen molar-refractivity contribution in [3.8, 4) is 0 Å². The van der Waals surface area contributed by atoms with Crippen LogP contribution in [-0.4, -0.2) is 60.5 Å². The third-order valence-corrected chi connectivity index (χ3v) is 6.46. The molecular formula is C10H16O8Si. The van der Waals surface area contributed by atoms with Crippen LogP contribution in [0.3, 0.4) is 0 Å². The molecular weight excluding hydrogens is 276 g/mol. The summed E-state index contributed by atoms with van der Waals surface area (Å²) >= 11 is 0. The second-order valence-electron chi connectivity index (χ2n) is 4.97. The van der Waals surface area contributed by atoms with Crippen molar-refractivity contribution < 1.29 is 38.2 Å². The molecule has 2 saturated heterocycles. The molecule has 2 aliphatic heterocycles. The molecule has 2 rings (SSSR count). The van der Waals surface area contributed by atoms with Crippen LogP contribution in [0.5, 0.6) is 0 Å². The maximum Gasteiger partial charge on any atom is 0.505 e. The lowest BCUT2D eigenvalue weighted by Crippen LogP contribution is -2.52. The fourth-order valence-electron chi connectivity index (χ4n) is 2.23. The monoisotopic (exact) mass is 292 g/mol. The minimum absolute atomic E-state index is 0.143. The minimum atomic E-state index is -3.43. The van der Waals surface area contributed by atoms with Crippen LogP contribution in [0, 0.1) is 0 Å². The summed E-state index contributed by atoms with van der Waals surface area (Å²) in [5, 5.41) is 27.9. The molecule has 2 fully saturated rings. The number of hydrogen-bond acceptors (Lipinski definition) is 6. The molecule has 3 N–H and O–H groups in total. The third-order valence-electron chi connectivity index (χ3n) is 3.25. The number of rotatable bonds is 3. The van der Waals surface area contributed by atoms with Crippen LogP contribution >= 0.6 is 0 Å². The highest BCUT2D eigenvalue weighted by atomic mass is 28.4. The van der Waals surface area contributed by atoms with E-state index in [2.05, 4.69) is 0 Å². The summed E-state index contributed by atoms with van der Waals surface area (Å²) in [6.07, 6.45) is -5.02. The van der Waals surface area contributed by atoms with Gasteiger partial charge in [-0.15, -0.1) is 0 Å². The minimum Gasteiger partial charge on any atom is -0.479 e. The summed E-state index contributed by atoms with van der Waals surface area (Å²) in [5.41, 5.74) is -0.300. The molecule has 9 heteroatoms. The lowest BCUT2D eigenvalue weighted by Gasteiger charge is -2.30. The van der Waals surface area contributed by atoms with Crippen molar-refractivity contribution in [3.05, 3.63) is 0 Å². The maximum atomic E-state index is 11.1. The van der Waals surface area contributed by atoms with E-state index in [1.165, 1.54) is 0 Å². The zero-order valence-electron chi connectivity index (χ0n) is 10.5. The first-order valence-electron chi connectivity index (χ1n) is 5.94. The summed E-state index contributed by atoms with van der Waals surface area (Å²) in [6, 6.07) is 0. The molecule has 0 aliphatic carbocycles. The molecule has 8 nitrogen and oxygen atoms in total. The van der Waals surface area contributed by atoms with Crippen molar-refractivity contribution >= 4 is 20.7 Å². The molecule has 0 aromatic carbocycles. The Hall–Kier alpha value is -1.00. The van der Waals surface area contributed by atoms with E-state index in [4.69, 9.17) is 23.5 Å². The van der Waals surface area contributed by atoms with Crippen LogP contribution in [0.2, 0.25) is 5.54 Å². The Morgan fingerprint density at radius 1 is 1.11 bits per heavy atom. The van der Waals surface area contributed by atoms with E-state index in [-0.39, 0.29) is 12.0 Å². The van der Waals surface area contributed by atoms with E-state index in [0.717, 1.165) is 0 Å². The first-order valence-corrected chi connectivity index (χ1v) is 7.74. The van der Waals surface area contributed by atoms with E-state index in [0.29, 0.717) is 0 Å². The van der Waals surface area contributed by atoms with Gasteiger partial charge in [-0.1, -0.05) is 13.8 Å². The Kier molecular flexibility index (Phi) is 3.67. The van der Waals surface area contributed by atoms with E-state index in [1.54, 1.807) is 13.8 Å². The molecule has 2 bridgehead atoms. The number of aliphatic hydroxyl groups excluding tert-OH is 1. The van der Waals surface area contributed by atoms with Gasteiger partial charge in [0.15, 0.2) is 12.2 Å². The molecule has 2 heterocycles. The lowest BCUT2D eigenvalue weighted by molar-refractivity contribution is -0.155. The van der Waals surface area contributed by atoms with Gasteiger partial charge in [-0.3, -0.25) is 0 Å². The van der Waals surface area contributed by atoms with Gasteiger partial charge < -0.3 is 28.6 Å². The second-order valence-corrected chi connectivity index (χ2v) is 8.04. The van der Waals surface area contributed by atoms with Crippen molar-refractivity contribution in [2.45, 2.75) is 50.2 Å². The zero-order chi connectivity index (χ0) is 14.4. The van der Waals surface area contributed by atoms with Crippen LogP contribution in [0.1, 0.15) is 20.3 Å². The van der Waals surface area contributed by atoms with Gasteiger partial charge >= 0.3 is 20.7 Å². The van der Waals surface area contributed by atoms with Gasteiger partial charge in [0.1, 0.15) is 0 Å². The van der Waals surface area contributed by atoms with Crippen LogP contribution in [-0.2, 0) is 22.9 Å². The van der Waals surface area contributed by atoms with Crippen molar-refractivity contribution in [2.75, 3.05) is 0 Å². The molecule has 0 aromatic rings. The largest absolute Gasteiger partial charge is 0.505 e. The first kappa shape index (κ1) is 14.4. The number of hydrogen-bond donors (Lipinski definition) is 3. The predicted octanol–water partition coefficient (Wildman–Crippen LogP) is -0.562. The number of carboxylic acids is 2. The van der Waals surface area contributed by atoms with Crippen molar-refractivity contribution in [3.63, 3.8) is 0 Å². The molecule has 2 aliphatic rings. The van der Waals surface area contributed by atoms with Crippen LogP contribution in [0.4, 0.5) is 0 Å². The van der Waals surface area contributed by atoms with Gasteiger partial charge in [-0.25, -0.2) is 9.59 Å². The summed E-state index contributed by atoms with van der Waals surface area (Å²) in [6.45, 7) is 3.42. The third kappa shape index (κ3) is 2.39. The number of carboxylic acid groups (broad SMARTS) is 2. The SMILES string of the molecule is CC(C)[Si]12OC(CC(O)C(C(=O)O)O1)C(C(=O)O)O2. The molecule has 19 heavy (non-hydrogen) atoms. The Bertz CT molecular complexity index is 399. The van der Waals surface area contributed by atoms with Crippen molar-refractivity contribution in [2.24, 2.45) is 0 Å². The van der Waals surface area contributed by atoms with Gasteiger partial charge in [-0.2, -0.15) is 0 Å². The first-order chi connectivity index (χ1) is 8.77. The van der Waals surface area contributed by atoms with E-state index in [9.17, 15) is 14.7 Å². The number of carbonyl (C=O) groups is 2. The molecule has 0 amide bonds. The lowest BCUT2D eigenvalue weighted by atomic mass is 10.0. The number of aliphatic carboxylic acids is 2. The average Bonchev–Trinajstić information content (AvgIpc) is 2.56. The maximum absolute atomic E-state index is 11.1. The van der Waals surface area contributed by atoms with Crippen molar-refractivity contribution in [1.82, 2.24) is 0 Å². The van der Waals surface area contributed by atoms with Crippen LogP contribution < -0.4 is 0 Å². The second kappa shape index (κ2) is 4.83. The normalized spacial score (nSPS) is 42.1. The predicted molar refractivity (Wildman–Crippen MR) is 61.4 cm³/mol. The van der Waals surface area contributed by atoms with Crippen molar-refractivity contribution in [1.29, 1.82) is 0 Å². The molecule has 0 spiro atoms. The van der Waals surface area contributed by atoms with E-state index in [1.807, 2.05) is 0 Å². The highest BCUT2D eigenvalue weighted by molar-refractivity contribution is 6.63. The van der Waals surface area contributed by atoms with Gasteiger partial charge in [-0.05, 0) is 0 Å². The summed E-state index contributed by atoms with van der Waals surface area (Å²) in [4.78, 5) is 22.2. The summed E-state index contributed by atoms with van der Waals surface area (Å²) < 4.78 is 16.4. The van der Waals surface area contributed by atoms with Crippen LogP contribution in [0.25, 0.3) is 0 Å². The fraction of sp³-hybridized carbons (Fsp3) is 0.800. The molecule has 5 atom stereocenters. The Labute approximate surface area is 110 Å². The molecule has 108 valence electrons. The number of fused-ring (bicyclic) bond motifs is 2. The van der Waals surface area contributed by atoms with Gasteiger partial charge in [0, 0.05) is 12.0 Å². The highest BCUT2D eigenvalue weighted by Gasteiger charge is 2.63. The Morgan fingerprint density at radius 2 is 1.63 bits per heavy atom. The standard InChI is InChI=1S/C10H16O8Si/c1-4(2)19-16-6(8(18-19)10(14)15)3-5(11)7(17-19)9(12)13/h4-8,11H,3H2,1-2H3,(H,12,13)(H,14,15). The van der Waals surface area contributed by atoms with Gasteiger partial charge in [0.25, 0.3) is 0 Å². The van der Waals surface area contributed by atoms with Gasteiger partial charge in [0.2, 0.25) is 0 Å². The molecule has 0 aromatic heterocycles. The molecule has 0 saturated carbocycles. The Morgan fingerprint density at radius 3 is 2.11 bits per heavy atom. The van der Waals surface area contributed by atoms with Crippen LogP contribution in [0.15, 0.2) is 0 Å². The summed E-state index contributed by atoms with van der Waals surface area (Å²) in [7, 11) is -3.43. The highest BCUT2D eigenvalue weighted by Crippen LogP contribution is 2.40.